The number of hydrogen-bond donors (Lipinski definition) is 2. The van der Waals surface area contributed by atoms with Crippen LogP contribution >= 0.6 is 11.8 Å². The minimum absolute atomic E-state index is 0.344. The summed E-state index contributed by atoms with van der Waals surface area (Å²) in [6.07, 6.45) is 6.48. The van der Waals surface area contributed by atoms with E-state index >= 15 is 0 Å². The molecule has 0 aromatic heterocycles. The minimum atomic E-state index is -0.454. The van der Waals surface area contributed by atoms with Crippen LogP contribution in [0, 0.1) is 0 Å². The fraction of sp³-hybridized carbons (Fsp3) is 0.647. The molecule has 3 unspecified atom stereocenters. The normalized spacial score (nSPS) is 23.2. The predicted molar refractivity (Wildman–Crippen MR) is 90.3 cm³/mol. The van der Waals surface area contributed by atoms with Gasteiger partial charge in [-0.25, -0.2) is 0 Å². The molecule has 3 atom stereocenters. The first kappa shape index (κ1) is 16.7. The lowest BCUT2D eigenvalue weighted by Crippen LogP contribution is -2.37. The largest absolute Gasteiger partial charge is 0.491 e. The maximum Gasteiger partial charge on any atom is 0.119 e. The maximum absolute atomic E-state index is 10.0. The molecule has 0 heterocycles. The van der Waals surface area contributed by atoms with Gasteiger partial charge < -0.3 is 15.2 Å². The second kappa shape index (κ2) is 8.66. The van der Waals surface area contributed by atoms with Crippen molar-refractivity contribution in [2.24, 2.45) is 0 Å². The Morgan fingerprint density at radius 1 is 1.33 bits per heavy atom. The second-order valence-corrected chi connectivity index (χ2v) is 6.88. The highest BCUT2D eigenvalue weighted by molar-refractivity contribution is 7.99. The topological polar surface area (TPSA) is 41.5 Å². The van der Waals surface area contributed by atoms with Crippen LogP contribution in [0.2, 0.25) is 0 Å². The van der Waals surface area contributed by atoms with Crippen molar-refractivity contribution in [3.63, 3.8) is 0 Å². The van der Waals surface area contributed by atoms with Crippen molar-refractivity contribution in [1.29, 1.82) is 0 Å². The second-order valence-electron chi connectivity index (χ2n) is 5.74. The minimum Gasteiger partial charge on any atom is -0.491 e. The molecule has 21 heavy (non-hydrogen) atoms. The van der Waals surface area contributed by atoms with Crippen molar-refractivity contribution in [3.8, 4) is 5.75 Å². The molecule has 1 saturated carbocycles. The molecule has 0 radical (unpaired) electrons. The third kappa shape index (κ3) is 5.53. The van der Waals surface area contributed by atoms with Crippen LogP contribution in [0.25, 0.3) is 0 Å². The summed E-state index contributed by atoms with van der Waals surface area (Å²) < 4.78 is 5.63. The Labute approximate surface area is 132 Å². The molecule has 4 heteroatoms. The predicted octanol–water partition coefficient (Wildman–Crippen LogP) is 2.86. The van der Waals surface area contributed by atoms with E-state index in [0.717, 1.165) is 17.4 Å². The van der Waals surface area contributed by atoms with E-state index in [4.69, 9.17) is 4.74 Å². The van der Waals surface area contributed by atoms with Crippen LogP contribution in [0.5, 0.6) is 5.75 Å². The monoisotopic (exact) mass is 309 g/mol. The third-order valence-corrected chi connectivity index (χ3v) is 5.23. The number of rotatable bonds is 8. The zero-order chi connectivity index (χ0) is 15.1. The molecule has 0 amide bonds. The van der Waals surface area contributed by atoms with Gasteiger partial charge in [0.05, 0.1) is 0 Å². The first-order valence-electron chi connectivity index (χ1n) is 7.87. The fourth-order valence-electron chi connectivity index (χ4n) is 2.72. The summed E-state index contributed by atoms with van der Waals surface area (Å²) >= 11 is 1.95. The Morgan fingerprint density at radius 2 is 2.10 bits per heavy atom. The van der Waals surface area contributed by atoms with Gasteiger partial charge in [-0.3, -0.25) is 0 Å². The molecule has 0 spiro atoms. The van der Waals surface area contributed by atoms with Gasteiger partial charge in [0.25, 0.3) is 0 Å². The molecular formula is C17H27NO2S. The van der Waals surface area contributed by atoms with Crippen LogP contribution in [0.1, 0.15) is 31.7 Å². The number of benzene rings is 1. The molecule has 1 fully saturated rings. The maximum atomic E-state index is 10.0. The molecule has 1 aromatic rings. The molecule has 118 valence electrons. The Morgan fingerprint density at radius 3 is 2.71 bits per heavy atom. The Bertz CT molecular complexity index is 410. The highest BCUT2D eigenvalue weighted by Crippen LogP contribution is 2.28. The van der Waals surface area contributed by atoms with Crippen LogP contribution in [0.4, 0.5) is 0 Å². The average Bonchev–Trinajstić information content (AvgIpc) is 2.99. The average molecular weight is 309 g/mol. The first-order chi connectivity index (χ1) is 10.2. The van der Waals surface area contributed by atoms with Gasteiger partial charge in [-0.2, -0.15) is 11.8 Å². The molecule has 0 aliphatic heterocycles. The van der Waals surface area contributed by atoms with Gasteiger partial charge in [-0.15, -0.1) is 0 Å². The number of hydrogen-bond acceptors (Lipinski definition) is 4. The van der Waals surface area contributed by atoms with Crippen molar-refractivity contribution < 1.29 is 9.84 Å². The molecule has 1 aromatic carbocycles. The number of nitrogens with one attached hydrogen (secondary N) is 1. The molecule has 1 aliphatic carbocycles. The summed E-state index contributed by atoms with van der Waals surface area (Å²) in [5, 5.41) is 14.2. The van der Waals surface area contributed by atoms with Crippen LogP contribution in [-0.4, -0.2) is 41.9 Å². The van der Waals surface area contributed by atoms with E-state index < -0.39 is 6.10 Å². The van der Waals surface area contributed by atoms with Gasteiger partial charge in [0, 0.05) is 17.8 Å². The van der Waals surface area contributed by atoms with Gasteiger partial charge in [0.2, 0.25) is 0 Å². The van der Waals surface area contributed by atoms with Crippen LogP contribution in [0.3, 0.4) is 0 Å². The molecule has 1 aliphatic rings. The van der Waals surface area contributed by atoms with E-state index in [0.29, 0.717) is 19.2 Å². The SMILES string of the molecule is CCc1ccc(OCC(O)CNC2CCC(SC)C2)cc1. The lowest BCUT2D eigenvalue weighted by atomic mass is 10.2. The lowest BCUT2D eigenvalue weighted by Gasteiger charge is -2.17. The summed E-state index contributed by atoms with van der Waals surface area (Å²) in [5.74, 6) is 0.828. The van der Waals surface area contributed by atoms with Gasteiger partial charge >= 0.3 is 0 Å². The Balaban J connectivity index is 1.64. The van der Waals surface area contributed by atoms with E-state index in [1.54, 1.807) is 0 Å². The van der Waals surface area contributed by atoms with Crippen molar-refractivity contribution >= 4 is 11.8 Å². The first-order valence-corrected chi connectivity index (χ1v) is 9.16. The van der Waals surface area contributed by atoms with Gasteiger partial charge in [0.15, 0.2) is 0 Å². The van der Waals surface area contributed by atoms with Gasteiger partial charge in [-0.1, -0.05) is 19.1 Å². The van der Waals surface area contributed by atoms with E-state index in [-0.39, 0.29) is 0 Å². The summed E-state index contributed by atoms with van der Waals surface area (Å²) in [6.45, 7) is 3.09. The quantitative estimate of drug-likeness (QED) is 0.775. The highest BCUT2D eigenvalue weighted by atomic mass is 32.2. The standard InChI is InChI=1S/C17H27NO2S/c1-3-13-4-7-16(8-5-13)20-12-15(19)11-18-14-6-9-17(10-14)21-2/h4-5,7-8,14-15,17-19H,3,6,9-12H2,1-2H3. The highest BCUT2D eigenvalue weighted by Gasteiger charge is 2.23. The lowest BCUT2D eigenvalue weighted by molar-refractivity contribution is 0.104. The van der Waals surface area contributed by atoms with Gasteiger partial charge in [0.1, 0.15) is 18.5 Å². The number of aryl methyl sites for hydroxylation is 1. The number of aliphatic hydroxyl groups is 1. The number of thioether (sulfide) groups is 1. The van der Waals surface area contributed by atoms with Crippen molar-refractivity contribution in [3.05, 3.63) is 29.8 Å². The molecule has 0 bridgehead atoms. The van der Waals surface area contributed by atoms with Gasteiger partial charge in [-0.05, 0) is 49.6 Å². The smallest absolute Gasteiger partial charge is 0.119 e. The summed E-state index contributed by atoms with van der Waals surface area (Å²) in [6, 6.07) is 8.64. The van der Waals surface area contributed by atoms with Crippen LogP contribution in [0.15, 0.2) is 24.3 Å². The molecule has 3 nitrogen and oxygen atoms in total. The molecule has 2 N–H and O–H groups in total. The van der Waals surface area contributed by atoms with E-state index in [2.05, 4.69) is 30.6 Å². The van der Waals surface area contributed by atoms with Crippen molar-refractivity contribution in [2.45, 2.75) is 50.0 Å². The summed E-state index contributed by atoms with van der Waals surface area (Å²) in [5.41, 5.74) is 1.30. The number of aliphatic hydroxyl groups excluding tert-OH is 1. The van der Waals surface area contributed by atoms with Crippen molar-refractivity contribution in [1.82, 2.24) is 5.32 Å². The van der Waals surface area contributed by atoms with Crippen molar-refractivity contribution in [2.75, 3.05) is 19.4 Å². The van der Waals surface area contributed by atoms with E-state index in [1.165, 1.54) is 24.8 Å². The molecule has 2 rings (SSSR count). The number of ether oxygens (including phenoxy) is 1. The zero-order valence-electron chi connectivity index (χ0n) is 13.0. The van der Waals surface area contributed by atoms with Crippen LogP contribution in [-0.2, 0) is 6.42 Å². The molecule has 0 saturated heterocycles. The van der Waals surface area contributed by atoms with E-state index in [1.807, 2.05) is 23.9 Å². The summed E-state index contributed by atoms with van der Waals surface area (Å²) in [4.78, 5) is 0. The summed E-state index contributed by atoms with van der Waals surface area (Å²) in [7, 11) is 0. The molecular weight excluding hydrogens is 282 g/mol. The zero-order valence-corrected chi connectivity index (χ0v) is 13.9. The Kier molecular flexibility index (Phi) is 6.87. The van der Waals surface area contributed by atoms with E-state index in [9.17, 15) is 5.11 Å². The van der Waals surface area contributed by atoms with Crippen LogP contribution < -0.4 is 10.1 Å². The fourth-order valence-corrected chi connectivity index (χ4v) is 3.51. The third-order valence-electron chi connectivity index (χ3n) is 4.13. The Hall–Kier alpha value is -0.710.